The SMILES string of the molecule is CN(C)c1ccc(CNCc2ccc(Br)cc2F)cc1. The van der Waals surface area contributed by atoms with E-state index in [1.54, 1.807) is 6.07 Å². The Morgan fingerprint density at radius 3 is 2.35 bits per heavy atom. The zero-order chi connectivity index (χ0) is 14.5. The van der Waals surface area contributed by atoms with Crippen LogP contribution in [0.25, 0.3) is 0 Å². The lowest BCUT2D eigenvalue weighted by Gasteiger charge is -2.13. The summed E-state index contributed by atoms with van der Waals surface area (Å²) in [5.74, 6) is -0.185. The number of anilines is 1. The summed E-state index contributed by atoms with van der Waals surface area (Å²) < 4.78 is 14.4. The Kier molecular flexibility index (Phi) is 5.15. The molecule has 1 N–H and O–H groups in total. The summed E-state index contributed by atoms with van der Waals surface area (Å²) in [6.45, 7) is 1.25. The normalized spacial score (nSPS) is 10.6. The minimum atomic E-state index is -0.185. The van der Waals surface area contributed by atoms with Crippen molar-refractivity contribution in [3.05, 3.63) is 63.9 Å². The predicted molar refractivity (Wildman–Crippen MR) is 85.4 cm³/mol. The number of nitrogens with zero attached hydrogens (tertiary/aromatic N) is 1. The Morgan fingerprint density at radius 1 is 1.05 bits per heavy atom. The molecule has 0 heterocycles. The standard InChI is InChI=1S/C16H18BrFN2/c1-20(2)15-7-3-12(4-8-15)10-19-11-13-5-6-14(17)9-16(13)18/h3-9,19H,10-11H2,1-2H3. The van der Waals surface area contributed by atoms with Crippen LogP contribution in [0.4, 0.5) is 10.1 Å². The van der Waals surface area contributed by atoms with Gasteiger partial charge in [-0.1, -0.05) is 34.1 Å². The van der Waals surface area contributed by atoms with E-state index in [9.17, 15) is 4.39 Å². The van der Waals surface area contributed by atoms with Crippen LogP contribution in [0.5, 0.6) is 0 Å². The fraction of sp³-hybridized carbons (Fsp3) is 0.250. The van der Waals surface area contributed by atoms with Crippen molar-refractivity contribution in [1.29, 1.82) is 0 Å². The van der Waals surface area contributed by atoms with E-state index < -0.39 is 0 Å². The molecule has 0 saturated carbocycles. The molecule has 0 bridgehead atoms. The van der Waals surface area contributed by atoms with Gasteiger partial charge in [0, 0.05) is 42.9 Å². The lowest BCUT2D eigenvalue weighted by Crippen LogP contribution is -2.14. The number of benzene rings is 2. The Bertz CT molecular complexity index is 567. The van der Waals surface area contributed by atoms with Crippen molar-refractivity contribution in [1.82, 2.24) is 5.32 Å². The molecule has 0 aliphatic carbocycles. The fourth-order valence-corrected chi connectivity index (χ4v) is 2.25. The molecule has 0 unspecified atom stereocenters. The molecule has 0 aromatic heterocycles. The summed E-state index contributed by atoms with van der Waals surface area (Å²) in [7, 11) is 4.03. The maximum absolute atomic E-state index is 13.6. The zero-order valence-electron chi connectivity index (χ0n) is 11.7. The summed E-state index contributed by atoms with van der Waals surface area (Å²) in [6.07, 6.45) is 0. The van der Waals surface area contributed by atoms with Crippen molar-refractivity contribution in [2.45, 2.75) is 13.1 Å². The second-order valence-electron chi connectivity index (χ2n) is 4.90. The molecule has 0 aliphatic rings. The molecule has 2 aromatic rings. The Balaban J connectivity index is 1.89. The summed E-state index contributed by atoms with van der Waals surface area (Å²) >= 11 is 3.26. The number of halogens is 2. The van der Waals surface area contributed by atoms with Crippen molar-refractivity contribution in [3.8, 4) is 0 Å². The highest BCUT2D eigenvalue weighted by molar-refractivity contribution is 9.10. The first-order valence-electron chi connectivity index (χ1n) is 6.47. The maximum atomic E-state index is 13.6. The third-order valence-corrected chi connectivity index (χ3v) is 3.61. The average Bonchev–Trinajstić information content (AvgIpc) is 2.42. The minimum absolute atomic E-state index is 0.185. The predicted octanol–water partition coefficient (Wildman–Crippen LogP) is 3.94. The number of nitrogens with one attached hydrogen (secondary N) is 1. The van der Waals surface area contributed by atoms with Gasteiger partial charge in [-0.15, -0.1) is 0 Å². The van der Waals surface area contributed by atoms with Crippen molar-refractivity contribution in [3.63, 3.8) is 0 Å². The van der Waals surface area contributed by atoms with E-state index in [0.29, 0.717) is 12.1 Å². The Hall–Kier alpha value is -1.39. The third-order valence-electron chi connectivity index (χ3n) is 3.11. The quantitative estimate of drug-likeness (QED) is 0.889. The molecule has 0 spiro atoms. The van der Waals surface area contributed by atoms with Crippen LogP contribution in [0.15, 0.2) is 46.9 Å². The Labute approximate surface area is 127 Å². The summed E-state index contributed by atoms with van der Waals surface area (Å²) in [5, 5.41) is 3.26. The minimum Gasteiger partial charge on any atom is -0.378 e. The van der Waals surface area contributed by atoms with Gasteiger partial charge in [-0.3, -0.25) is 0 Å². The van der Waals surface area contributed by atoms with E-state index in [0.717, 1.165) is 11.0 Å². The van der Waals surface area contributed by atoms with Crippen molar-refractivity contribution >= 4 is 21.6 Å². The van der Waals surface area contributed by atoms with Crippen LogP contribution in [0.3, 0.4) is 0 Å². The average molecular weight is 337 g/mol. The van der Waals surface area contributed by atoms with Gasteiger partial charge in [0.05, 0.1) is 0 Å². The van der Waals surface area contributed by atoms with Crippen molar-refractivity contribution in [2.75, 3.05) is 19.0 Å². The van der Waals surface area contributed by atoms with Gasteiger partial charge < -0.3 is 10.2 Å². The molecule has 0 atom stereocenters. The lowest BCUT2D eigenvalue weighted by atomic mass is 10.2. The third kappa shape index (κ3) is 4.05. The van der Waals surface area contributed by atoms with Gasteiger partial charge in [0.25, 0.3) is 0 Å². The molecule has 2 rings (SSSR count). The highest BCUT2D eigenvalue weighted by atomic mass is 79.9. The molecule has 0 saturated heterocycles. The van der Waals surface area contributed by atoms with Crippen molar-refractivity contribution in [2.24, 2.45) is 0 Å². The van der Waals surface area contributed by atoms with Gasteiger partial charge in [-0.05, 0) is 29.8 Å². The second kappa shape index (κ2) is 6.86. The van der Waals surface area contributed by atoms with E-state index in [2.05, 4.69) is 50.4 Å². The molecule has 106 valence electrons. The fourth-order valence-electron chi connectivity index (χ4n) is 1.92. The largest absolute Gasteiger partial charge is 0.378 e. The first kappa shape index (κ1) is 15.0. The molecule has 4 heteroatoms. The first-order chi connectivity index (χ1) is 9.56. The van der Waals surface area contributed by atoms with E-state index in [4.69, 9.17) is 0 Å². The van der Waals surface area contributed by atoms with E-state index in [1.165, 1.54) is 17.3 Å². The Morgan fingerprint density at radius 2 is 1.75 bits per heavy atom. The molecular weight excluding hydrogens is 319 g/mol. The van der Waals surface area contributed by atoms with Crippen LogP contribution in [-0.2, 0) is 13.1 Å². The van der Waals surface area contributed by atoms with Gasteiger partial charge in [-0.2, -0.15) is 0 Å². The highest BCUT2D eigenvalue weighted by Gasteiger charge is 2.02. The molecule has 0 aliphatic heterocycles. The number of rotatable bonds is 5. The van der Waals surface area contributed by atoms with Crippen LogP contribution in [0.1, 0.15) is 11.1 Å². The van der Waals surface area contributed by atoms with Crippen LogP contribution in [0.2, 0.25) is 0 Å². The molecule has 0 amide bonds. The second-order valence-corrected chi connectivity index (χ2v) is 5.82. The summed E-state index contributed by atoms with van der Waals surface area (Å²) in [6, 6.07) is 13.5. The summed E-state index contributed by atoms with van der Waals surface area (Å²) in [4.78, 5) is 2.06. The highest BCUT2D eigenvalue weighted by Crippen LogP contribution is 2.15. The topological polar surface area (TPSA) is 15.3 Å². The number of hydrogen-bond acceptors (Lipinski definition) is 2. The molecule has 2 aromatic carbocycles. The van der Waals surface area contributed by atoms with Crippen LogP contribution < -0.4 is 10.2 Å². The van der Waals surface area contributed by atoms with Crippen LogP contribution in [-0.4, -0.2) is 14.1 Å². The van der Waals surface area contributed by atoms with Crippen molar-refractivity contribution < 1.29 is 4.39 Å². The van der Waals surface area contributed by atoms with E-state index in [-0.39, 0.29) is 5.82 Å². The zero-order valence-corrected chi connectivity index (χ0v) is 13.2. The van der Waals surface area contributed by atoms with Crippen LogP contribution in [0, 0.1) is 5.82 Å². The molecule has 0 fully saturated rings. The number of hydrogen-bond donors (Lipinski definition) is 1. The van der Waals surface area contributed by atoms with Gasteiger partial charge in [0.2, 0.25) is 0 Å². The molecule has 2 nitrogen and oxygen atoms in total. The van der Waals surface area contributed by atoms with Gasteiger partial charge >= 0.3 is 0 Å². The molecule has 20 heavy (non-hydrogen) atoms. The molecule has 0 radical (unpaired) electrons. The maximum Gasteiger partial charge on any atom is 0.128 e. The lowest BCUT2D eigenvalue weighted by molar-refractivity contribution is 0.587. The first-order valence-corrected chi connectivity index (χ1v) is 7.26. The monoisotopic (exact) mass is 336 g/mol. The van der Waals surface area contributed by atoms with Gasteiger partial charge in [0.15, 0.2) is 0 Å². The smallest absolute Gasteiger partial charge is 0.128 e. The van der Waals surface area contributed by atoms with Gasteiger partial charge in [-0.25, -0.2) is 4.39 Å². The van der Waals surface area contributed by atoms with Crippen LogP contribution >= 0.6 is 15.9 Å². The molecular formula is C16H18BrFN2. The summed E-state index contributed by atoms with van der Waals surface area (Å²) in [5.41, 5.74) is 3.04. The van der Waals surface area contributed by atoms with E-state index in [1.807, 2.05) is 20.2 Å². The van der Waals surface area contributed by atoms with E-state index >= 15 is 0 Å². The van der Waals surface area contributed by atoms with Gasteiger partial charge in [0.1, 0.15) is 5.82 Å².